The number of halogens is 3. The summed E-state index contributed by atoms with van der Waals surface area (Å²) in [5.41, 5.74) is 4.04. The van der Waals surface area contributed by atoms with Crippen LogP contribution < -0.4 is 4.74 Å². The second kappa shape index (κ2) is 7.66. The molecule has 0 fully saturated rings. The Balaban J connectivity index is 1.68. The number of carbonyl (C=O) groups is 1. The highest BCUT2D eigenvalue weighted by Gasteiger charge is 2.29. The third-order valence-electron chi connectivity index (χ3n) is 4.82. The number of carbonyl (C=O) groups excluding carboxylic acids is 1. The molecule has 0 aliphatic carbocycles. The molecule has 8 heteroatoms. The summed E-state index contributed by atoms with van der Waals surface area (Å²) in [6.07, 6.45) is 0.669. The van der Waals surface area contributed by atoms with Gasteiger partial charge in [-0.25, -0.2) is 0 Å². The number of hydrogen-bond acceptors (Lipinski definition) is 3. The van der Waals surface area contributed by atoms with Gasteiger partial charge in [0.25, 0.3) is 5.91 Å². The van der Waals surface area contributed by atoms with Crippen molar-refractivity contribution >= 4 is 40.7 Å². The van der Waals surface area contributed by atoms with Crippen molar-refractivity contribution in [2.45, 2.75) is 13.0 Å². The van der Waals surface area contributed by atoms with Gasteiger partial charge >= 0.3 is 0 Å². The van der Waals surface area contributed by atoms with Crippen LogP contribution in [0, 0.1) is 0 Å². The van der Waals surface area contributed by atoms with E-state index in [9.17, 15) is 4.79 Å². The van der Waals surface area contributed by atoms with Gasteiger partial charge in [0, 0.05) is 41.4 Å². The van der Waals surface area contributed by atoms with Gasteiger partial charge in [-0.3, -0.25) is 9.89 Å². The fourth-order valence-corrected chi connectivity index (χ4v) is 4.00. The summed E-state index contributed by atoms with van der Waals surface area (Å²) in [6, 6.07) is 10.7. The Morgan fingerprint density at radius 2 is 1.82 bits per heavy atom. The van der Waals surface area contributed by atoms with E-state index in [-0.39, 0.29) is 17.2 Å². The van der Waals surface area contributed by atoms with E-state index in [0.29, 0.717) is 34.6 Å². The number of methoxy groups -OCH3 is 1. The van der Waals surface area contributed by atoms with Crippen molar-refractivity contribution in [2.24, 2.45) is 0 Å². The number of nitrogens with one attached hydrogen (secondary N) is 1. The minimum atomic E-state index is -0.224. The van der Waals surface area contributed by atoms with Crippen LogP contribution in [-0.4, -0.2) is 34.7 Å². The first-order valence-electron chi connectivity index (χ1n) is 8.63. The lowest BCUT2D eigenvalue weighted by molar-refractivity contribution is 0.0731. The SMILES string of the molecule is COc1c(Cl)ccc(Cl)c1C(=O)N1CCc2[nH]nc(-c3ccc(Cl)cc3)c2C1. The number of nitrogens with zero attached hydrogens (tertiary/aromatic N) is 2. The van der Waals surface area contributed by atoms with Gasteiger partial charge in [0.05, 0.1) is 22.8 Å². The Kier molecular flexibility index (Phi) is 5.23. The van der Waals surface area contributed by atoms with Crippen LogP contribution in [-0.2, 0) is 13.0 Å². The molecule has 0 atom stereocenters. The van der Waals surface area contributed by atoms with Gasteiger partial charge in [-0.05, 0) is 24.3 Å². The first-order chi connectivity index (χ1) is 13.5. The fraction of sp³-hybridized carbons (Fsp3) is 0.200. The minimum absolute atomic E-state index is 0.224. The quantitative estimate of drug-likeness (QED) is 0.610. The standard InChI is InChI=1S/C20H16Cl3N3O2/c1-28-19-15(23)7-6-14(22)17(19)20(27)26-9-8-16-13(10-26)18(25-24-16)11-2-4-12(21)5-3-11/h2-7H,8-10H2,1H3,(H,24,25). The van der Waals surface area contributed by atoms with Crippen molar-refractivity contribution in [3.63, 3.8) is 0 Å². The molecule has 0 saturated heterocycles. The van der Waals surface area contributed by atoms with Crippen LogP contribution in [0.15, 0.2) is 36.4 Å². The third kappa shape index (κ3) is 3.34. The van der Waals surface area contributed by atoms with Crippen molar-refractivity contribution < 1.29 is 9.53 Å². The molecule has 4 rings (SSSR count). The molecule has 0 spiro atoms. The lowest BCUT2D eigenvalue weighted by Crippen LogP contribution is -2.36. The smallest absolute Gasteiger partial charge is 0.259 e. The second-order valence-electron chi connectivity index (χ2n) is 6.45. The van der Waals surface area contributed by atoms with Crippen LogP contribution in [0.2, 0.25) is 15.1 Å². The van der Waals surface area contributed by atoms with E-state index in [1.807, 2.05) is 24.3 Å². The van der Waals surface area contributed by atoms with E-state index in [1.54, 1.807) is 17.0 Å². The summed E-state index contributed by atoms with van der Waals surface area (Å²) < 4.78 is 5.33. The van der Waals surface area contributed by atoms with Crippen molar-refractivity contribution in [1.82, 2.24) is 15.1 Å². The van der Waals surface area contributed by atoms with E-state index in [2.05, 4.69) is 10.2 Å². The normalized spacial score (nSPS) is 13.4. The molecule has 3 aromatic rings. The number of aromatic nitrogens is 2. The molecule has 1 aliphatic rings. The Bertz CT molecular complexity index is 1050. The van der Waals surface area contributed by atoms with Gasteiger partial charge < -0.3 is 9.64 Å². The zero-order valence-electron chi connectivity index (χ0n) is 14.9. The van der Waals surface area contributed by atoms with Crippen LogP contribution >= 0.6 is 34.8 Å². The highest BCUT2D eigenvalue weighted by Crippen LogP contribution is 2.36. The number of amides is 1. The van der Waals surface area contributed by atoms with Crippen LogP contribution in [0.3, 0.4) is 0 Å². The second-order valence-corrected chi connectivity index (χ2v) is 7.70. The van der Waals surface area contributed by atoms with Crippen LogP contribution in [0.1, 0.15) is 21.6 Å². The largest absolute Gasteiger partial charge is 0.494 e. The Morgan fingerprint density at radius 3 is 2.54 bits per heavy atom. The predicted octanol–water partition coefficient (Wildman–Crippen LogP) is 5.24. The van der Waals surface area contributed by atoms with Gasteiger partial charge in [0.2, 0.25) is 0 Å². The van der Waals surface area contributed by atoms with Crippen LogP contribution in [0.25, 0.3) is 11.3 Å². The summed E-state index contributed by atoms with van der Waals surface area (Å²) in [7, 11) is 1.47. The Labute approximate surface area is 177 Å². The molecule has 28 heavy (non-hydrogen) atoms. The zero-order valence-corrected chi connectivity index (χ0v) is 17.2. The van der Waals surface area contributed by atoms with E-state index in [1.165, 1.54) is 7.11 Å². The molecule has 1 aliphatic heterocycles. The number of rotatable bonds is 3. The topological polar surface area (TPSA) is 58.2 Å². The maximum Gasteiger partial charge on any atom is 0.259 e. The molecule has 1 aromatic heterocycles. The van der Waals surface area contributed by atoms with Crippen molar-refractivity contribution in [1.29, 1.82) is 0 Å². The first-order valence-corrected chi connectivity index (χ1v) is 9.76. The monoisotopic (exact) mass is 435 g/mol. The molecule has 2 aromatic carbocycles. The summed E-state index contributed by atoms with van der Waals surface area (Å²) >= 11 is 18.5. The Morgan fingerprint density at radius 1 is 1.11 bits per heavy atom. The van der Waals surface area contributed by atoms with E-state index in [4.69, 9.17) is 39.5 Å². The van der Waals surface area contributed by atoms with E-state index in [0.717, 1.165) is 22.5 Å². The lowest BCUT2D eigenvalue weighted by Gasteiger charge is -2.28. The maximum absolute atomic E-state index is 13.2. The number of aromatic amines is 1. The molecule has 0 bridgehead atoms. The van der Waals surface area contributed by atoms with Gasteiger partial charge in [-0.2, -0.15) is 5.10 Å². The molecular weight excluding hydrogens is 421 g/mol. The molecule has 0 saturated carbocycles. The highest BCUT2D eigenvalue weighted by atomic mass is 35.5. The van der Waals surface area contributed by atoms with Gasteiger partial charge in [-0.15, -0.1) is 0 Å². The van der Waals surface area contributed by atoms with E-state index >= 15 is 0 Å². The summed E-state index contributed by atoms with van der Waals surface area (Å²) in [5, 5.41) is 8.85. The molecule has 144 valence electrons. The van der Waals surface area contributed by atoms with Gasteiger partial charge in [-0.1, -0.05) is 46.9 Å². The summed E-state index contributed by atoms with van der Waals surface area (Å²) in [4.78, 5) is 15.0. The highest BCUT2D eigenvalue weighted by molar-refractivity contribution is 6.37. The number of H-pyrrole nitrogens is 1. The van der Waals surface area contributed by atoms with E-state index < -0.39 is 0 Å². The fourth-order valence-electron chi connectivity index (χ4n) is 3.41. The predicted molar refractivity (Wildman–Crippen MR) is 110 cm³/mol. The molecular formula is C20H16Cl3N3O2. The van der Waals surface area contributed by atoms with Gasteiger partial charge in [0.1, 0.15) is 5.56 Å². The Hall–Kier alpha value is -2.21. The first kappa shape index (κ1) is 19.1. The molecule has 0 unspecified atom stereocenters. The van der Waals surface area contributed by atoms with Crippen LogP contribution in [0.4, 0.5) is 0 Å². The molecule has 1 N–H and O–H groups in total. The zero-order chi connectivity index (χ0) is 19.8. The number of fused-ring (bicyclic) bond motifs is 1. The summed E-state index contributed by atoms with van der Waals surface area (Å²) in [5.74, 6) is 0.0633. The number of benzene rings is 2. The average molecular weight is 437 g/mol. The maximum atomic E-state index is 13.2. The average Bonchev–Trinajstić information content (AvgIpc) is 3.12. The summed E-state index contributed by atoms with van der Waals surface area (Å²) in [6.45, 7) is 0.953. The van der Waals surface area contributed by atoms with Crippen molar-refractivity contribution in [2.75, 3.05) is 13.7 Å². The number of ether oxygens (including phenoxy) is 1. The molecule has 2 heterocycles. The number of hydrogen-bond donors (Lipinski definition) is 1. The molecule has 0 radical (unpaired) electrons. The van der Waals surface area contributed by atoms with Crippen LogP contribution in [0.5, 0.6) is 5.75 Å². The van der Waals surface area contributed by atoms with Gasteiger partial charge in [0.15, 0.2) is 5.75 Å². The van der Waals surface area contributed by atoms with Crippen molar-refractivity contribution in [3.05, 3.63) is 68.3 Å². The molecule has 5 nitrogen and oxygen atoms in total. The van der Waals surface area contributed by atoms with Crippen molar-refractivity contribution in [3.8, 4) is 17.0 Å². The lowest BCUT2D eigenvalue weighted by atomic mass is 10.00. The third-order valence-corrected chi connectivity index (χ3v) is 5.68. The molecule has 1 amide bonds. The minimum Gasteiger partial charge on any atom is -0.494 e.